The largest absolute Gasteiger partial charge is 0.274 e. The van der Waals surface area contributed by atoms with Crippen LogP contribution in [0.3, 0.4) is 0 Å². The molecule has 2 aromatic rings. The Morgan fingerprint density at radius 1 is 0.567 bits per heavy atom. The number of hydrogen-bond donors (Lipinski definition) is 0. The molecule has 0 saturated heterocycles. The zero-order chi connectivity index (χ0) is 20.7. The van der Waals surface area contributed by atoms with Crippen molar-refractivity contribution in [2.24, 2.45) is 10.8 Å². The zero-order valence-corrected chi connectivity index (χ0v) is 16.4. The van der Waals surface area contributed by atoms with Gasteiger partial charge in [-0.2, -0.15) is 0 Å². The number of fused-ring (bicyclic) bond motifs is 3. The van der Waals surface area contributed by atoms with Crippen LogP contribution in [0, 0.1) is 10.8 Å². The van der Waals surface area contributed by atoms with Crippen LogP contribution in [-0.4, -0.2) is 46.5 Å². The van der Waals surface area contributed by atoms with E-state index in [0.29, 0.717) is 35.3 Å². The fraction of sp³-hybridized carbons (Fsp3) is 0.333. The van der Waals surface area contributed by atoms with E-state index in [4.69, 9.17) is 0 Å². The molecule has 2 aliphatic heterocycles. The molecule has 3 saturated carbocycles. The molecule has 5 aliphatic rings. The molecule has 0 unspecified atom stereocenters. The van der Waals surface area contributed by atoms with E-state index in [0.717, 1.165) is 25.7 Å². The Morgan fingerprint density at radius 3 is 1.17 bits per heavy atom. The molecule has 2 aromatic carbocycles. The second-order valence-electron chi connectivity index (χ2n) is 9.34. The predicted octanol–water partition coefficient (Wildman–Crippen LogP) is 3.14. The van der Waals surface area contributed by atoms with Gasteiger partial charge in [0.15, 0.2) is 0 Å². The van der Waals surface area contributed by atoms with Gasteiger partial charge < -0.3 is 0 Å². The minimum Gasteiger partial charge on any atom is -0.274 e. The molecule has 0 radical (unpaired) electrons. The SMILES string of the molecule is O=C1c2ccccc2C(=O)N1CC12CCC(CN3C(=O)c4ccccc4C3=O)(C1)C2. The molecule has 0 aromatic heterocycles. The average molecular weight is 400 g/mol. The summed E-state index contributed by atoms with van der Waals surface area (Å²) >= 11 is 0. The molecule has 0 N–H and O–H groups in total. The van der Waals surface area contributed by atoms with Crippen molar-refractivity contribution in [1.82, 2.24) is 9.80 Å². The van der Waals surface area contributed by atoms with Crippen LogP contribution < -0.4 is 0 Å². The lowest BCUT2D eigenvalue weighted by Crippen LogP contribution is -2.51. The number of hydrogen-bond acceptors (Lipinski definition) is 4. The monoisotopic (exact) mass is 400 g/mol. The Balaban J connectivity index is 1.18. The van der Waals surface area contributed by atoms with Gasteiger partial charge in [-0.15, -0.1) is 0 Å². The molecule has 4 amide bonds. The number of carbonyl (C=O) groups is 4. The summed E-state index contributed by atoms with van der Waals surface area (Å²) in [5.41, 5.74) is 1.74. The van der Waals surface area contributed by atoms with E-state index in [-0.39, 0.29) is 34.5 Å². The molecule has 150 valence electrons. The molecule has 0 atom stereocenters. The van der Waals surface area contributed by atoms with Crippen molar-refractivity contribution in [2.75, 3.05) is 13.1 Å². The molecule has 3 fully saturated rings. The fourth-order valence-corrected chi connectivity index (χ4v) is 6.24. The van der Waals surface area contributed by atoms with Crippen molar-refractivity contribution in [3.63, 3.8) is 0 Å². The molecular weight excluding hydrogens is 380 g/mol. The maximum Gasteiger partial charge on any atom is 0.261 e. The number of amides is 4. The minimum atomic E-state index is -0.213. The smallest absolute Gasteiger partial charge is 0.261 e. The highest BCUT2D eigenvalue weighted by Gasteiger charge is 2.63. The van der Waals surface area contributed by atoms with Gasteiger partial charge in [0.05, 0.1) is 22.3 Å². The normalized spacial score (nSPS) is 28.8. The Bertz CT molecular complexity index is 1000. The highest BCUT2D eigenvalue weighted by atomic mass is 16.2. The van der Waals surface area contributed by atoms with E-state index in [1.807, 2.05) is 0 Å². The van der Waals surface area contributed by atoms with Crippen LogP contribution in [0.15, 0.2) is 48.5 Å². The van der Waals surface area contributed by atoms with Gasteiger partial charge in [-0.3, -0.25) is 29.0 Å². The number of imide groups is 2. The lowest BCUT2D eigenvalue weighted by atomic mass is 9.60. The van der Waals surface area contributed by atoms with Crippen molar-refractivity contribution in [1.29, 1.82) is 0 Å². The summed E-state index contributed by atoms with van der Waals surface area (Å²) in [4.78, 5) is 53.7. The van der Waals surface area contributed by atoms with Crippen molar-refractivity contribution in [3.8, 4) is 0 Å². The minimum absolute atomic E-state index is 0.0912. The van der Waals surface area contributed by atoms with Crippen molar-refractivity contribution >= 4 is 23.6 Å². The number of benzene rings is 2. The molecule has 2 heterocycles. The van der Waals surface area contributed by atoms with Crippen molar-refractivity contribution in [2.45, 2.75) is 25.7 Å². The summed E-state index contributed by atoms with van der Waals surface area (Å²) < 4.78 is 0. The molecular formula is C24H20N2O4. The molecule has 2 bridgehead atoms. The molecule has 6 nitrogen and oxygen atoms in total. The molecule has 7 rings (SSSR count). The van der Waals surface area contributed by atoms with E-state index in [1.165, 1.54) is 9.80 Å². The standard InChI is InChI=1S/C24H20N2O4/c27-19-15-5-1-2-6-16(15)20(28)25(19)13-23-9-10-24(11-23,12-23)14-26-21(29)17-7-3-4-8-18(17)22(26)30/h1-8H,9-14H2. The first-order valence-electron chi connectivity index (χ1n) is 10.3. The Hall–Kier alpha value is -3.28. The van der Waals surface area contributed by atoms with Crippen molar-refractivity contribution in [3.05, 3.63) is 70.8 Å². The second kappa shape index (κ2) is 5.65. The van der Waals surface area contributed by atoms with Crippen LogP contribution in [0.2, 0.25) is 0 Å². The number of carbonyl (C=O) groups excluding carboxylic acids is 4. The maximum atomic E-state index is 12.7. The first-order valence-corrected chi connectivity index (χ1v) is 10.3. The first kappa shape index (κ1) is 17.6. The predicted molar refractivity (Wildman–Crippen MR) is 107 cm³/mol. The van der Waals surface area contributed by atoms with Crippen LogP contribution in [0.25, 0.3) is 0 Å². The molecule has 30 heavy (non-hydrogen) atoms. The highest BCUT2D eigenvalue weighted by molar-refractivity contribution is 6.22. The molecule has 6 heteroatoms. The Kier molecular flexibility index (Phi) is 3.31. The van der Waals surface area contributed by atoms with Crippen LogP contribution in [0.5, 0.6) is 0 Å². The van der Waals surface area contributed by atoms with Gasteiger partial charge in [0.1, 0.15) is 0 Å². The van der Waals surface area contributed by atoms with Crippen LogP contribution in [-0.2, 0) is 0 Å². The van der Waals surface area contributed by atoms with Gasteiger partial charge in [0.2, 0.25) is 0 Å². The lowest BCUT2D eigenvalue weighted by molar-refractivity contribution is -0.00113. The van der Waals surface area contributed by atoms with Crippen LogP contribution in [0.4, 0.5) is 0 Å². The number of rotatable bonds is 4. The van der Waals surface area contributed by atoms with Gasteiger partial charge >= 0.3 is 0 Å². The van der Waals surface area contributed by atoms with E-state index in [9.17, 15) is 19.2 Å². The summed E-state index contributed by atoms with van der Waals surface area (Å²) in [5.74, 6) is -0.853. The summed E-state index contributed by atoms with van der Waals surface area (Å²) in [7, 11) is 0. The lowest BCUT2D eigenvalue weighted by Gasteiger charge is -2.49. The average Bonchev–Trinajstić information content (AvgIpc) is 3.41. The maximum absolute atomic E-state index is 12.7. The summed E-state index contributed by atoms with van der Waals surface area (Å²) in [6.45, 7) is 0.840. The van der Waals surface area contributed by atoms with Gasteiger partial charge in [-0.25, -0.2) is 0 Å². The zero-order valence-electron chi connectivity index (χ0n) is 16.4. The highest BCUT2D eigenvalue weighted by Crippen LogP contribution is 2.67. The van der Waals surface area contributed by atoms with Gasteiger partial charge in [0, 0.05) is 13.1 Å². The summed E-state index contributed by atoms with van der Waals surface area (Å²) in [5, 5.41) is 0. The molecule has 0 spiro atoms. The number of nitrogens with zero attached hydrogens (tertiary/aromatic N) is 2. The van der Waals surface area contributed by atoms with E-state index in [2.05, 4.69) is 0 Å². The van der Waals surface area contributed by atoms with E-state index in [1.54, 1.807) is 48.5 Å². The van der Waals surface area contributed by atoms with Crippen molar-refractivity contribution < 1.29 is 19.2 Å². The Labute approximate surface area is 173 Å². The summed E-state index contributed by atoms with van der Waals surface area (Å²) in [6, 6.07) is 13.9. The van der Waals surface area contributed by atoms with Crippen LogP contribution >= 0.6 is 0 Å². The van der Waals surface area contributed by atoms with E-state index >= 15 is 0 Å². The Morgan fingerprint density at radius 2 is 0.867 bits per heavy atom. The third-order valence-corrected chi connectivity index (χ3v) is 7.43. The quantitative estimate of drug-likeness (QED) is 0.739. The van der Waals surface area contributed by atoms with Gasteiger partial charge in [-0.1, -0.05) is 24.3 Å². The summed E-state index contributed by atoms with van der Waals surface area (Å²) in [6.07, 6.45) is 3.48. The third-order valence-electron chi connectivity index (χ3n) is 7.43. The second-order valence-corrected chi connectivity index (χ2v) is 9.34. The molecule has 3 aliphatic carbocycles. The van der Waals surface area contributed by atoms with Gasteiger partial charge in [0.25, 0.3) is 23.6 Å². The first-order chi connectivity index (χ1) is 14.4. The topological polar surface area (TPSA) is 74.8 Å². The fourth-order valence-electron chi connectivity index (χ4n) is 6.24. The van der Waals surface area contributed by atoms with Gasteiger partial charge in [-0.05, 0) is 60.8 Å². The third kappa shape index (κ3) is 2.19. The van der Waals surface area contributed by atoms with Crippen LogP contribution in [0.1, 0.15) is 67.1 Å². The van der Waals surface area contributed by atoms with E-state index < -0.39 is 0 Å².